The van der Waals surface area contributed by atoms with E-state index in [4.69, 9.17) is 0 Å². The summed E-state index contributed by atoms with van der Waals surface area (Å²) >= 11 is 0. The third-order valence-corrected chi connectivity index (χ3v) is 2.83. The maximum absolute atomic E-state index is 12.0. The van der Waals surface area contributed by atoms with Gasteiger partial charge in [-0.15, -0.1) is 0 Å². The van der Waals surface area contributed by atoms with Gasteiger partial charge >= 0.3 is 5.69 Å². The Bertz CT molecular complexity index is 751. The number of nitrogens with zero attached hydrogens (tertiary/aromatic N) is 4. The van der Waals surface area contributed by atoms with Crippen LogP contribution < -0.4 is 11.2 Å². The fourth-order valence-electron chi connectivity index (χ4n) is 1.80. The summed E-state index contributed by atoms with van der Waals surface area (Å²) in [6.45, 7) is 1.51. The first-order chi connectivity index (χ1) is 8.90. The van der Waals surface area contributed by atoms with Crippen molar-refractivity contribution in [1.82, 2.24) is 18.9 Å². The highest BCUT2D eigenvalue weighted by molar-refractivity contribution is 5.93. The van der Waals surface area contributed by atoms with Gasteiger partial charge in [-0.25, -0.2) is 4.79 Å². The number of carbonyl (C=O) groups is 1. The van der Waals surface area contributed by atoms with Crippen LogP contribution in [-0.4, -0.2) is 24.7 Å². The molecule has 0 aliphatic carbocycles. The van der Waals surface area contributed by atoms with Crippen molar-refractivity contribution in [2.24, 2.45) is 14.1 Å². The van der Waals surface area contributed by atoms with Gasteiger partial charge < -0.3 is 0 Å². The second kappa shape index (κ2) is 4.68. The van der Waals surface area contributed by atoms with Crippen molar-refractivity contribution in [2.45, 2.75) is 13.5 Å². The first-order valence-electron chi connectivity index (χ1n) is 5.70. The fraction of sp³-hybridized carbons (Fsp3) is 0.333. The van der Waals surface area contributed by atoms with Crippen LogP contribution in [0.25, 0.3) is 0 Å². The Hall–Kier alpha value is -2.44. The summed E-state index contributed by atoms with van der Waals surface area (Å²) in [4.78, 5) is 35.1. The maximum atomic E-state index is 12.0. The largest absolute Gasteiger partial charge is 0.331 e. The van der Waals surface area contributed by atoms with Crippen molar-refractivity contribution in [3.63, 3.8) is 0 Å². The van der Waals surface area contributed by atoms with Gasteiger partial charge in [0.05, 0.1) is 17.8 Å². The minimum absolute atomic E-state index is 0.00182. The van der Waals surface area contributed by atoms with E-state index in [-0.39, 0.29) is 17.9 Å². The number of ketones is 1. The van der Waals surface area contributed by atoms with Crippen molar-refractivity contribution in [1.29, 1.82) is 0 Å². The molecule has 0 bridgehead atoms. The molecule has 0 radical (unpaired) electrons. The molecule has 19 heavy (non-hydrogen) atoms. The summed E-state index contributed by atoms with van der Waals surface area (Å²) in [7, 11) is 3.13. The van der Waals surface area contributed by atoms with E-state index in [0.717, 1.165) is 4.57 Å². The Balaban J connectivity index is 2.55. The normalized spacial score (nSPS) is 10.7. The van der Waals surface area contributed by atoms with Crippen molar-refractivity contribution >= 4 is 5.78 Å². The van der Waals surface area contributed by atoms with Crippen molar-refractivity contribution in [3.05, 3.63) is 50.6 Å². The van der Waals surface area contributed by atoms with Crippen LogP contribution in [0.2, 0.25) is 0 Å². The summed E-state index contributed by atoms with van der Waals surface area (Å²) in [6, 6.07) is 1.77. The zero-order chi connectivity index (χ0) is 14.2. The predicted molar refractivity (Wildman–Crippen MR) is 68.3 cm³/mol. The average molecular weight is 262 g/mol. The van der Waals surface area contributed by atoms with Crippen LogP contribution in [0.5, 0.6) is 0 Å². The van der Waals surface area contributed by atoms with Crippen molar-refractivity contribution in [3.8, 4) is 0 Å². The fourth-order valence-corrected chi connectivity index (χ4v) is 1.80. The Morgan fingerprint density at radius 1 is 1.32 bits per heavy atom. The molecule has 0 atom stereocenters. The first-order valence-corrected chi connectivity index (χ1v) is 5.70. The molecule has 0 unspecified atom stereocenters. The number of aromatic nitrogens is 4. The topological polar surface area (TPSA) is 78.9 Å². The van der Waals surface area contributed by atoms with Crippen LogP contribution in [0.4, 0.5) is 0 Å². The van der Waals surface area contributed by atoms with Gasteiger partial charge in [0, 0.05) is 26.5 Å². The summed E-state index contributed by atoms with van der Waals surface area (Å²) in [5.41, 5.74) is -0.369. The standard InChI is InChI=1S/C12H14N4O3/c1-8(17)10-7-16(12(19)15(3)11(10)18)6-9-4-5-14(2)13-9/h4-5,7H,6H2,1-3H3. The molecule has 2 aromatic rings. The smallest absolute Gasteiger partial charge is 0.294 e. The third-order valence-electron chi connectivity index (χ3n) is 2.83. The van der Waals surface area contributed by atoms with Crippen LogP contribution >= 0.6 is 0 Å². The Morgan fingerprint density at radius 3 is 2.53 bits per heavy atom. The van der Waals surface area contributed by atoms with Gasteiger partial charge in [0.1, 0.15) is 0 Å². The van der Waals surface area contributed by atoms with Crippen LogP contribution in [0.15, 0.2) is 28.0 Å². The molecule has 0 amide bonds. The molecule has 0 aromatic carbocycles. The first kappa shape index (κ1) is 13.0. The number of carbonyl (C=O) groups excluding carboxylic acids is 1. The van der Waals surface area contributed by atoms with E-state index in [0.29, 0.717) is 5.69 Å². The molecule has 7 heteroatoms. The molecule has 0 fully saturated rings. The number of aryl methyl sites for hydroxylation is 1. The molecule has 0 saturated carbocycles. The molecule has 100 valence electrons. The molecule has 0 saturated heterocycles. The number of rotatable bonds is 3. The van der Waals surface area contributed by atoms with Gasteiger partial charge in [0.2, 0.25) is 0 Å². The van der Waals surface area contributed by atoms with Gasteiger partial charge in [-0.3, -0.25) is 23.4 Å². The van der Waals surface area contributed by atoms with Gasteiger partial charge in [-0.1, -0.05) is 0 Å². The van der Waals surface area contributed by atoms with E-state index in [9.17, 15) is 14.4 Å². The van der Waals surface area contributed by atoms with E-state index in [1.165, 1.54) is 24.7 Å². The maximum Gasteiger partial charge on any atom is 0.331 e. The van der Waals surface area contributed by atoms with E-state index >= 15 is 0 Å². The van der Waals surface area contributed by atoms with E-state index in [1.807, 2.05) is 0 Å². The van der Waals surface area contributed by atoms with Crippen LogP contribution in [0, 0.1) is 0 Å². The summed E-state index contributed by atoms with van der Waals surface area (Å²) in [5.74, 6) is -0.365. The highest BCUT2D eigenvalue weighted by atomic mass is 16.2. The molecule has 7 nitrogen and oxygen atoms in total. The lowest BCUT2D eigenvalue weighted by atomic mass is 10.2. The second-order valence-corrected chi connectivity index (χ2v) is 4.35. The summed E-state index contributed by atoms with van der Waals surface area (Å²) in [5, 5.41) is 4.16. The lowest BCUT2D eigenvalue weighted by Gasteiger charge is -2.07. The van der Waals surface area contributed by atoms with Gasteiger partial charge in [0.15, 0.2) is 5.78 Å². The molecule has 0 aliphatic rings. The number of Topliss-reactive ketones (excluding diaryl/α,β-unsaturated/α-hetero) is 1. The molecular weight excluding hydrogens is 248 g/mol. The van der Waals surface area contributed by atoms with E-state index in [1.54, 1.807) is 24.0 Å². The molecule has 2 heterocycles. The van der Waals surface area contributed by atoms with Crippen molar-refractivity contribution < 1.29 is 4.79 Å². The van der Waals surface area contributed by atoms with E-state index < -0.39 is 11.2 Å². The highest BCUT2D eigenvalue weighted by Crippen LogP contribution is 1.98. The predicted octanol–water partition coefficient (Wildman–Crippen LogP) is -0.469. The van der Waals surface area contributed by atoms with Gasteiger partial charge in [-0.2, -0.15) is 5.10 Å². The molecule has 2 rings (SSSR count). The second-order valence-electron chi connectivity index (χ2n) is 4.35. The zero-order valence-corrected chi connectivity index (χ0v) is 11.0. The lowest BCUT2D eigenvalue weighted by molar-refractivity contribution is 0.101. The van der Waals surface area contributed by atoms with Crippen LogP contribution in [0.1, 0.15) is 23.0 Å². The zero-order valence-electron chi connectivity index (χ0n) is 11.0. The van der Waals surface area contributed by atoms with Crippen LogP contribution in [-0.2, 0) is 20.6 Å². The van der Waals surface area contributed by atoms with E-state index in [2.05, 4.69) is 5.10 Å². The van der Waals surface area contributed by atoms with Crippen LogP contribution in [0.3, 0.4) is 0 Å². The average Bonchev–Trinajstić information content (AvgIpc) is 2.75. The quantitative estimate of drug-likeness (QED) is 0.701. The minimum Gasteiger partial charge on any atom is -0.294 e. The van der Waals surface area contributed by atoms with Gasteiger partial charge in [-0.05, 0) is 13.0 Å². The van der Waals surface area contributed by atoms with Gasteiger partial charge in [0.25, 0.3) is 5.56 Å². The van der Waals surface area contributed by atoms with Crippen molar-refractivity contribution in [2.75, 3.05) is 0 Å². The lowest BCUT2D eigenvalue weighted by Crippen LogP contribution is -2.40. The summed E-state index contributed by atoms with van der Waals surface area (Å²) < 4.78 is 3.86. The minimum atomic E-state index is -0.574. The number of hydrogen-bond donors (Lipinski definition) is 0. The molecule has 2 aromatic heterocycles. The monoisotopic (exact) mass is 262 g/mol. The Labute approximate surface area is 108 Å². The molecule has 0 aliphatic heterocycles. The Kier molecular flexibility index (Phi) is 3.20. The molecule has 0 spiro atoms. The molecular formula is C12H14N4O3. The Morgan fingerprint density at radius 2 is 2.00 bits per heavy atom. The SMILES string of the molecule is CC(=O)c1cn(Cc2ccn(C)n2)c(=O)n(C)c1=O. The third kappa shape index (κ3) is 2.40. The number of hydrogen-bond acceptors (Lipinski definition) is 4. The summed E-state index contributed by atoms with van der Waals surface area (Å²) in [6.07, 6.45) is 3.05. The molecule has 0 N–H and O–H groups in total. The highest BCUT2D eigenvalue weighted by Gasteiger charge is 2.12.